The van der Waals surface area contributed by atoms with E-state index in [4.69, 9.17) is 16.3 Å². The molecule has 1 amide bonds. The second-order valence-electron chi connectivity index (χ2n) is 6.76. The van der Waals surface area contributed by atoms with E-state index in [0.29, 0.717) is 29.0 Å². The molecule has 0 aliphatic rings. The lowest BCUT2D eigenvalue weighted by atomic mass is 10.2. The molecule has 0 atom stereocenters. The van der Waals surface area contributed by atoms with Crippen LogP contribution in [0.4, 0.5) is 0 Å². The van der Waals surface area contributed by atoms with Gasteiger partial charge in [0.2, 0.25) is 21.1 Å². The molecule has 12 heteroatoms. The van der Waals surface area contributed by atoms with Crippen molar-refractivity contribution in [3.05, 3.63) is 53.6 Å². The normalized spacial score (nSPS) is 11.5. The zero-order chi connectivity index (χ0) is 23.8. The molecule has 3 aromatic rings. The van der Waals surface area contributed by atoms with Gasteiger partial charge in [-0.1, -0.05) is 60.6 Å². The van der Waals surface area contributed by atoms with Crippen LogP contribution in [-0.2, 0) is 14.8 Å². The number of carbonyl (C=O) groups is 1. The Morgan fingerprint density at radius 3 is 2.67 bits per heavy atom. The van der Waals surface area contributed by atoms with Crippen LogP contribution < -0.4 is 10.1 Å². The Kier molecular flexibility index (Phi) is 8.73. The van der Waals surface area contributed by atoms with E-state index in [-0.39, 0.29) is 23.0 Å². The van der Waals surface area contributed by atoms with Crippen molar-refractivity contribution in [2.45, 2.75) is 17.0 Å². The van der Waals surface area contributed by atoms with Gasteiger partial charge in [-0.3, -0.25) is 9.89 Å². The first-order valence-corrected chi connectivity index (χ1v) is 12.9. The summed E-state index contributed by atoms with van der Waals surface area (Å²) >= 11 is 7.44. The summed E-state index contributed by atoms with van der Waals surface area (Å²) in [5, 5.41) is 10.5. The Morgan fingerprint density at radius 2 is 2.00 bits per heavy atom. The van der Waals surface area contributed by atoms with E-state index in [9.17, 15) is 13.2 Å². The van der Waals surface area contributed by atoms with Gasteiger partial charge in [-0.05, 0) is 18.2 Å². The molecule has 0 saturated carbocycles. The lowest BCUT2D eigenvalue weighted by molar-refractivity contribution is -0.121. The van der Waals surface area contributed by atoms with Crippen molar-refractivity contribution in [3.8, 4) is 17.1 Å². The summed E-state index contributed by atoms with van der Waals surface area (Å²) in [6.45, 7) is 1.84. The first kappa shape index (κ1) is 25.0. The maximum absolute atomic E-state index is 12.9. The molecule has 2 N–H and O–H groups in total. The van der Waals surface area contributed by atoms with Gasteiger partial charge in [0, 0.05) is 24.4 Å². The fourth-order valence-electron chi connectivity index (χ4n) is 2.91. The molecule has 0 fully saturated rings. The van der Waals surface area contributed by atoms with Crippen LogP contribution in [0.2, 0.25) is 5.02 Å². The standard InChI is InChI=1S/C21H24ClN5O4S2/c1-3-27(33(29,30)16-9-10-18(31-2)17(22)13-16)14-19(28)23-11-12-32-21-24-20(25-26-21)15-7-5-4-6-8-15/h4-10,13H,3,11-12,14H2,1-2H3,(H,23,28)(H,24,25,26). The largest absolute Gasteiger partial charge is 0.495 e. The maximum atomic E-state index is 12.9. The van der Waals surface area contributed by atoms with Gasteiger partial charge in [0.05, 0.1) is 23.6 Å². The first-order chi connectivity index (χ1) is 15.8. The molecule has 0 unspecified atom stereocenters. The van der Waals surface area contributed by atoms with Crippen LogP contribution in [0.15, 0.2) is 58.6 Å². The summed E-state index contributed by atoms with van der Waals surface area (Å²) in [6, 6.07) is 13.8. The van der Waals surface area contributed by atoms with E-state index in [1.54, 1.807) is 6.92 Å². The van der Waals surface area contributed by atoms with Crippen LogP contribution in [0.25, 0.3) is 11.4 Å². The third-order valence-corrected chi connectivity index (χ3v) is 7.66. The van der Waals surface area contributed by atoms with E-state index >= 15 is 0 Å². The van der Waals surface area contributed by atoms with Crippen LogP contribution in [-0.4, -0.2) is 66.3 Å². The predicted molar refractivity (Wildman–Crippen MR) is 128 cm³/mol. The number of benzene rings is 2. The number of thioether (sulfide) groups is 1. The third kappa shape index (κ3) is 6.47. The van der Waals surface area contributed by atoms with Crippen molar-refractivity contribution in [3.63, 3.8) is 0 Å². The summed E-state index contributed by atoms with van der Waals surface area (Å²) < 4.78 is 32.0. The Hall–Kier alpha value is -2.60. The molecule has 0 bridgehead atoms. The lowest BCUT2D eigenvalue weighted by Gasteiger charge is -2.20. The second-order valence-corrected chi connectivity index (χ2v) is 10.2. The highest BCUT2D eigenvalue weighted by molar-refractivity contribution is 7.99. The fraction of sp³-hybridized carbons (Fsp3) is 0.286. The molecular weight excluding hydrogens is 486 g/mol. The Bertz CT molecular complexity index is 1190. The first-order valence-electron chi connectivity index (χ1n) is 10.1. The minimum Gasteiger partial charge on any atom is -0.495 e. The lowest BCUT2D eigenvalue weighted by Crippen LogP contribution is -2.41. The zero-order valence-electron chi connectivity index (χ0n) is 18.1. The van der Waals surface area contributed by atoms with Crippen LogP contribution in [0.1, 0.15) is 6.92 Å². The van der Waals surface area contributed by atoms with E-state index in [0.717, 1.165) is 9.87 Å². The molecule has 3 rings (SSSR count). The van der Waals surface area contributed by atoms with Crippen LogP contribution in [0, 0.1) is 0 Å². The van der Waals surface area contributed by atoms with Gasteiger partial charge in [-0.15, -0.1) is 5.10 Å². The predicted octanol–water partition coefficient (Wildman–Crippen LogP) is 3.05. The molecule has 0 aliphatic carbocycles. The molecule has 0 radical (unpaired) electrons. The molecule has 9 nitrogen and oxygen atoms in total. The quantitative estimate of drug-likeness (QED) is 0.301. The Balaban J connectivity index is 1.50. The smallest absolute Gasteiger partial charge is 0.243 e. The number of amides is 1. The average molecular weight is 510 g/mol. The number of rotatable bonds is 11. The van der Waals surface area contributed by atoms with Crippen LogP contribution in [0.5, 0.6) is 5.75 Å². The third-order valence-electron chi connectivity index (χ3n) is 4.60. The van der Waals surface area contributed by atoms with E-state index in [1.807, 2.05) is 30.3 Å². The number of nitrogens with one attached hydrogen (secondary N) is 2. The molecule has 0 spiro atoms. The van der Waals surface area contributed by atoms with Gasteiger partial charge in [0.1, 0.15) is 5.75 Å². The number of carbonyl (C=O) groups excluding carboxylic acids is 1. The van der Waals surface area contributed by atoms with E-state index in [2.05, 4.69) is 20.5 Å². The number of hydrogen-bond donors (Lipinski definition) is 2. The number of nitrogens with zero attached hydrogens (tertiary/aromatic N) is 3. The highest BCUT2D eigenvalue weighted by atomic mass is 35.5. The SMILES string of the molecule is CCN(CC(=O)NCCSc1n[nH]c(-c2ccccc2)n1)S(=O)(=O)c1ccc(OC)c(Cl)c1. The van der Waals surface area contributed by atoms with E-state index < -0.39 is 15.9 Å². The number of methoxy groups -OCH3 is 1. The highest BCUT2D eigenvalue weighted by Crippen LogP contribution is 2.28. The van der Waals surface area contributed by atoms with Gasteiger partial charge >= 0.3 is 0 Å². The minimum atomic E-state index is -3.89. The topological polar surface area (TPSA) is 117 Å². The molecule has 1 aromatic heterocycles. The van der Waals surface area contributed by atoms with Gasteiger partial charge in [-0.2, -0.15) is 4.31 Å². The number of H-pyrrole nitrogens is 1. The van der Waals surface area contributed by atoms with Gasteiger partial charge in [0.15, 0.2) is 5.82 Å². The second kappa shape index (κ2) is 11.5. The molecule has 33 heavy (non-hydrogen) atoms. The number of ether oxygens (including phenoxy) is 1. The summed E-state index contributed by atoms with van der Waals surface area (Å²) in [5.41, 5.74) is 0.934. The number of aromatic nitrogens is 3. The summed E-state index contributed by atoms with van der Waals surface area (Å²) in [5.74, 6) is 1.17. The van der Waals surface area contributed by atoms with Gasteiger partial charge < -0.3 is 10.1 Å². The summed E-state index contributed by atoms with van der Waals surface area (Å²) in [7, 11) is -2.44. The van der Waals surface area contributed by atoms with E-state index in [1.165, 1.54) is 37.1 Å². The molecule has 1 heterocycles. The summed E-state index contributed by atoms with van der Waals surface area (Å²) in [6.07, 6.45) is 0. The Morgan fingerprint density at radius 1 is 1.24 bits per heavy atom. The molecule has 176 valence electrons. The average Bonchev–Trinajstić information content (AvgIpc) is 3.29. The van der Waals surface area contributed by atoms with Crippen molar-refractivity contribution in [2.24, 2.45) is 0 Å². The van der Waals surface area contributed by atoms with Crippen molar-refractivity contribution >= 4 is 39.3 Å². The van der Waals surface area contributed by atoms with Crippen molar-refractivity contribution < 1.29 is 17.9 Å². The number of aromatic amines is 1. The van der Waals surface area contributed by atoms with Gasteiger partial charge in [0.25, 0.3) is 0 Å². The fourth-order valence-corrected chi connectivity index (χ4v) is 5.32. The van der Waals surface area contributed by atoms with Crippen molar-refractivity contribution in [2.75, 3.05) is 32.5 Å². The van der Waals surface area contributed by atoms with Crippen molar-refractivity contribution in [1.82, 2.24) is 24.8 Å². The molecule has 2 aromatic carbocycles. The molecular formula is C21H24ClN5O4S2. The minimum absolute atomic E-state index is 0.00247. The van der Waals surface area contributed by atoms with Crippen molar-refractivity contribution in [1.29, 1.82) is 0 Å². The molecule has 0 aliphatic heterocycles. The maximum Gasteiger partial charge on any atom is 0.243 e. The zero-order valence-corrected chi connectivity index (χ0v) is 20.5. The van der Waals surface area contributed by atoms with Gasteiger partial charge in [-0.25, -0.2) is 13.4 Å². The number of halogens is 1. The monoisotopic (exact) mass is 509 g/mol. The van der Waals surface area contributed by atoms with Crippen LogP contribution in [0.3, 0.4) is 0 Å². The number of hydrogen-bond acceptors (Lipinski definition) is 7. The number of sulfonamides is 1. The molecule has 0 saturated heterocycles. The Labute approximate surface area is 201 Å². The highest BCUT2D eigenvalue weighted by Gasteiger charge is 2.26. The summed E-state index contributed by atoms with van der Waals surface area (Å²) in [4.78, 5) is 16.8. The van der Waals surface area contributed by atoms with Crippen LogP contribution >= 0.6 is 23.4 Å². The number of likely N-dealkylation sites (N-methyl/N-ethyl adjacent to an activating group) is 1.